The Morgan fingerprint density at radius 3 is 2.92 bits per heavy atom. The highest BCUT2D eigenvalue weighted by Gasteiger charge is 2.53. The van der Waals surface area contributed by atoms with Gasteiger partial charge in [-0.2, -0.15) is 4.40 Å². The first-order valence-electron chi connectivity index (χ1n) is 12.3. The van der Waals surface area contributed by atoms with Crippen LogP contribution in [0.15, 0.2) is 57.4 Å². The van der Waals surface area contributed by atoms with Crippen molar-refractivity contribution in [1.29, 1.82) is 0 Å². The molecule has 1 fully saturated rings. The second kappa shape index (κ2) is 11.9. The number of nitrogens with two attached hydrogens (primary N) is 2. The number of anilines is 1. The van der Waals surface area contributed by atoms with E-state index in [9.17, 15) is 19.5 Å². The molecule has 5 rings (SSSR count). The monoisotopic (exact) mass is 602 g/mol. The number of pyridine rings is 1. The van der Waals surface area contributed by atoms with Crippen LogP contribution in [0.1, 0.15) is 12.6 Å². The van der Waals surface area contributed by atoms with Crippen molar-refractivity contribution in [2.45, 2.75) is 29.9 Å². The fourth-order valence-electron chi connectivity index (χ4n) is 4.45. The molecule has 0 aromatic carbocycles. The number of nitrogens with zero attached hydrogens (tertiary/aromatic N) is 5. The number of β-lactam (4-membered cyclic amide) rings is 1. The maximum atomic E-state index is 13.2. The Hall–Kier alpha value is -3.60. The maximum Gasteiger partial charge on any atom is 0.287 e. The minimum atomic E-state index is -1.45. The molecule has 2 amide bonds. The molecule has 0 saturated carbocycles. The van der Waals surface area contributed by atoms with Crippen LogP contribution in [0.2, 0.25) is 0 Å². The summed E-state index contributed by atoms with van der Waals surface area (Å²) < 4.78 is 3.93. The van der Waals surface area contributed by atoms with Gasteiger partial charge in [0.05, 0.1) is 11.7 Å². The Morgan fingerprint density at radius 2 is 2.23 bits per heavy atom. The smallest absolute Gasteiger partial charge is 0.287 e. The fourth-order valence-corrected chi connectivity index (χ4v) is 7.13. The van der Waals surface area contributed by atoms with E-state index >= 15 is 0 Å². The van der Waals surface area contributed by atoms with Crippen molar-refractivity contribution in [2.75, 3.05) is 30.4 Å². The maximum absolute atomic E-state index is 13.2. The Bertz CT molecular complexity index is 1530. The molecule has 0 spiro atoms. The number of thiazole rings is 1. The number of fused-ring (bicyclic) bond motifs is 2. The van der Waals surface area contributed by atoms with Gasteiger partial charge >= 0.3 is 0 Å². The lowest BCUT2D eigenvalue weighted by Gasteiger charge is -2.50. The van der Waals surface area contributed by atoms with Gasteiger partial charge in [0, 0.05) is 35.1 Å². The van der Waals surface area contributed by atoms with Crippen LogP contribution >= 0.6 is 34.9 Å². The average Bonchev–Trinajstić information content (AvgIpc) is 3.56. The van der Waals surface area contributed by atoms with E-state index < -0.39 is 29.2 Å². The molecule has 2 aliphatic heterocycles. The van der Waals surface area contributed by atoms with E-state index in [0.29, 0.717) is 17.9 Å². The number of carbonyl (C=O) groups is 3. The highest BCUT2D eigenvalue weighted by Crippen LogP contribution is 2.40. The second-order valence-corrected chi connectivity index (χ2v) is 11.8. The third kappa shape index (κ3) is 5.26. The number of nitrogens with one attached hydrogen (secondary N) is 1. The number of nitrogen functional groups attached to an aromatic ring is 1. The minimum Gasteiger partial charge on any atom is -0.543 e. The predicted molar refractivity (Wildman–Crippen MR) is 149 cm³/mol. The van der Waals surface area contributed by atoms with Crippen LogP contribution in [-0.2, 0) is 25.8 Å². The second-order valence-electron chi connectivity index (χ2n) is 8.68. The zero-order valence-electron chi connectivity index (χ0n) is 21.3. The van der Waals surface area contributed by atoms with E-state index in [0.717, 1.165) is 27.8 Å². The van der Waals surface area contributed by atoms with Crippen LogP contribution in [0, 0.1) is 0 Å². The van der Waals surface area contributed by atoms with Crippen molar-refractivity contribution < 1.29 is 28.7 Å². The van der Waals surface area contributed by atoms with Gasteiger partial charge in [-0.1, -0.05) is 16.9 Å². The van der Waals surface area contributed by atoms with Gasteiger partial charge < -0.3 is 31.5 Å². The first-order chi connectivity index (χ1) is 19.3. The van der Waals surface area contributed by atoms with Gasteiger partial charge in [0.25, 0.3) is 17.5 Å². The SMILES string of the molecule is CCO/N=C(\C(=O)N[C@@H]1C(=O)N2C(C(=O)[O-])=C(Cn3cc[n+]4c(SCCN)cccc34)CS[C@@H]12)c1csc(N)n1. The Kier molecular flexibility index (Phi) is 8.30. The third-order valence-corrected chi connectivity index (χ3v) is 9.26. The number of amides is 2. The van der Waals surface area contributed by atoms with Crippen LogP contribution < -0.4 is 26.3 Å². The molecule has 16 heteroatoms. The summed E-state index contributed by atoms with van der Waals surface area (Å²) in [6, 6.07) is 4.90. The molecule has 0 unspecified atom stereocenters. The van der Waals surface area contributed by atoms with Crippen molar-refractivity contribution in [2.24, 2.45) is 10.9 Å². The number of aromatic nitrogens is 3. The molecule has 13 nitrogen and oxygen atoms in total. The van der Waals surface area contributed by atoms with E-state index in [1.807, 2.05) is 39.6 Å². The van der Waals surface area contributed by atoms with Crippen molar-refractivity contribution in [3.63, 3.8) is 0 Å². The van der Waals surface area contributed by atoms with Crippen molar-refractivity contribution in [3.8, 4) is 0 Å². The number of imidazole rings is 1. The van der Waals surface area contributed by atoms with Gasteiger partial charge in [-0.25, -0.2) is 9.55 Å². The largest absolute Gasteiger partial charge is 0.543 e. The number of hydrogen-bond acceptors (Lipinski definition) is 12. The summed E-state index contributed by atoms with van der Waals surface area (Å²) in [4.78, 5) is 48.8. The molecule has 3 aromatic rings. The zero-order valence-corrected chi connectivity index (χ0v) is 23.8. The molecular formula is C24H26N8O5S3. The summed E-state index contributed by atoms with van der Waals surface area (Å²) in [6.45, 7) is 2.73. The lowest BCUT2D eigenvalue weighted by molar-refractivity contribution is -0.554. The number of carboxylic acid groups (broad SMARTS) is 1. The normalized spacial score (nSPS) is 19.0. The topological polar surface area (TPSA) is 185 Å². The van der Waals surface area contributed by atoms with Gasteiger partial charge in [0.15, 0.2) is 15.9 Å². The molecule has 0 bridgehead atoms. The van der Waals surface area contributed by atoms with Crippen LogP contribution in [-0.4, -0.2) is 74.0 Å². The molecule has 1 saturated heterocycles. The standard InChI is InChI=1S/C24H26N8O5S3/c1-2-37-29-17(14-12-40-24(26)27-14)20(33)28-18-21(34)32-19(23(35)36)13(11-39-22(18)32)10-30-7-8-31-15(30)4-3-5-16(31)38-9-6-25/h3-5,7-8,12,18,22H,2,6,9-11,25H2,1H3,(H3-,26,27,28,33,35,36)/b29-17-/t18-,22+/m1/s1. The van der Waals surface area contributed by atoms with E-state index in [4.69, 9.17) is 16.3 Å². The molecule has 0 radical (unpaired) electrons. The van der Waals surface area contributed by atoms with E-state index in [-0.39, 0.29) is 35.4 Å². The number of hydrogen-bond donors (Lipinski definition) is 3. The van der Waals surface area contributed by atoms with E-state index in [1.54, 1.807) is 24.1 Å². The fraction of sp³-hybridized carbons (Fsp3) is 0.333. The summed E-state index contributed by atoms with van der Waals surface area (Å²) >= 11 is 4.13. The molecular weight excluding hydrogens is 577 g/mol. The Labute approximate surface area is 241 Å². The van der Waals surface area contributed by atoms with E-state index in [2.05, 4.69) is 15.5 Å². The van der Waals surface area contributed by atoms with Crippen molar-refractivity contribution in [1.82, 2.24) is 19.8 Å². The molecule has 40 heavy (non-hydrogen) atoms. The Morgan fingerprint density at radius 1 is 1.40 bits per heavy atom. The molecule has 2 aliphatic rings. The first-order valence-corrected chi connectivity index (χ1v) is 15.2. The van der Waals surface area contributed by atoms with Crippen LogP contribution in [0.5, 0.6) is 0 Å². The van der Waals surface area contributed by atoms with Gasteiger partial charge in [0.1, 0.15) is 42.7 Å². The quantitative estimate of drug-likeness (QED) is 0.0822. The Balaban J connectivity index is 1.36. The molecule has 3 aromatic heterocycles. The lowest BCUT2D eigenvalue weighted by atomic mass is 10.0. The summed E-state index contributed by atoms with van der Waals surface area (Å²) in [5.41, 5.74) is 12.7. The summed E-state index contributed by atoms with van der Waals surface area (Å²) in [6.07, 6.45) is 3.77. The number of rotatable bonds is 11. The van der Waals surface area contributed by atoms with Crippen LogP contribution in [0.3, 0.4) is 0 Å². The molecule has 5 N–H and O–H groups in total. The number of carbonyl (C=O) groups excluding carboxylic acids is 3. The van der Waals surface area contributed by atoms with Gasteiger partial charge in [0.2, 0.25) is 0 Å². The minimum absolute atomic E-state index is 0.126. The van der Waals surface area contributed by atoms with Crippen LogP contribution in [0.4, 0.5) is 5.13 Å². The number of thioether (sulfide) groups is 2. The molecule has 2 atom stereocenters. The molecule has 210 valence electrons. The number of oxime groups is 1. The number of aliphatic carboxylic acids is 1. The van der Waals surface area contributed by atoms with Crippen LogP contribution in [0.25, 0.3) is 5.65 Å². The van der Waals surface area contributed by atoms with Gasteiger partial charge in [-0.3, -0.25) is 14.5 Å². The summed E-state index contributed by atoms with van der Waals surface area (Å²) in [7, 11) is 0. The van der Waals surface area contributed by atoms with E-state index in [1.165, 1.54) is 16.7 Å². The average molecular weight is 603 g/mol. The predicted octanol–water partition coefficient (Wildman–Crippen LogP) is -0.839. The molecule has 5 heterocycles. The number of carboxylic acids is 1. The molecule has 0 aliphatic carbocycles. The van der Waals surface area contributed by atoms with Crippen molar-refractivity contribution in [3.05, 3.63) is 52.9 Å². The highest BCUT2D eigenvalue weighted by molar-refractivity contribution is 8.00. The van der Waals surface area contributed by atoms with Gasteiger partial charge in [-0.15, -0.1) is 23.1 Å². The summed E-state index contributed by atoms with van der Waals surface area (Å²) in [5.74, 6) is -1.58. The first kappa shape index (κ1) is 27.9. The summed E-state index contributed by atoms with van der Waals surface area (Å²) in [5, 5.41) is 21.0. The highest BCUT2D eigenvalue weighted by atomic mass is 32.2. The van der Waals surface area contributed by atoms with Gasteiger partial charge in [-0.05, 0) is 19.1 Å². The zero-order chi connectivity index (χ0) is 28.4. The third-order valence-electron chi connectivity index (χ3n) is 6.18. The van der Waals surface area contributed by atoms with Crippen molar-refractivity contribution >= 4 is 69.1 Å². The lowest BCUT2D eigenvalue weighted by Crippen LogP contribution is -2.71.